The lowest BCUT2D eigenvalue weighted by molar-refractivity contribution is -0.121. The number of amidine groups is 1. The number of hydrogen-bond acceptors (Lipinski definition) is 6. The molecule has 0 spiro atoms. The highest BCUT2D eigenvalue weighted by Crippen LogP contribution is 2.30. The molecule has 0 bridgehead atoms. The molecule has 3 N–H and O–H groups in total. The topological polar surface area (TPSA) is 98.5 Å². The summed E-state index contributed by atoms with van der Waals surface area (Å²) in [6.45, 7) is 1.20. The van der Waals surface area contributed by atoms with Crippen molar-refractivity contribution in [3.05, 3.63) is 102 Å². The van der Waals surface area contributed by atoms with Crippen LogP contribution in [0.2, 0.25) is 0 Å². The molecule has 0 aliphatic carbocycles. The number of hydrogen-bond donors (Lipinski definition) is 3. The zero-order valence-electron chi connectivity index (χ0n) is 20.6. The molecule has 8 nitrogen and oxygen atoms in total. The quantitative estimate of drug-likeness (QED) is 0.329. The summed E-state index contributed by atoms with van der Waals surface area (Å²) in [5.74, 6) is 1.58. The molecule has 0 aromatic heterocycles. The number of aromatic hydroxyl groups is 1. The second kappa shape index (κ2) is 12.0. The number of hydrazone groups is 1. The number of phenols is 1. The third-order valence-corrected chi connectivity index (χ3v) is 6.89. The highest BCUT2D eigenvalue weighted by molar-refractivity contribution is 9.10. The number of rotatable bonds is 9. The van der Waals surface area contributed by atoms with E-state index in [9.17, 15) is 9.90 Å². The molecule has 2 atom stereocenters. The molecule has 0 radical (unpaired) electrons. The van der Waals surface area contributed by atoms with Crippen LogP contribution in [-0.4, -0.2) is 45.7 Å². The Bertz CT molecular complexity index is 1380. The van der Waals surface area contributed by atoms with Gasteiger partial charge in [-0.1, -0.05) is 70.5 Å². The maximum Gasteiger partial charge on any atom is 0.223 e. The van der Waals surface area contributed by atoms with Crippen molar-refractivity contribution < 1.29 is 14.6 Å². The average Bonchev–Trinajstić information content (AvgIpc) is 3.32. The number of nitrogens with zero attached hydrogens (tertiary/aromatic N) is 3. The molecule has 0 fully saturated rings. The molecule has 194 valence electrons. The number of alkyl halides is 1. The van der Waals surface area contributed by atoms with Gasteiger partial charge in [-0.15, -0.1) is 0 Å². The minimum atomic E-state index is -0.152. The van der Waals surface area contributed by atoms with E-state index in [4.69, 9.17) is 9.73 Å². The van der Waals surface area contributed by atoms with Crippen LogP contribution in [0.4, 0.5) is 0 Å². The molecular weight excluding hydrogens is 546 g/mol. The van der Waals surface area contributed by atoms with Crippen molar-refractivity contribution >= 4 is 39.6 Å². The van der Waals surface area contributed by atoms with Crippen molar-refractivity contribution in [3.63, 3.8) is 0 Å². The molecule has 2 aliphatic rings. The Kier molecular flexibility index (Phi) is 8.04. The zero-order chi connectivity index (χ0) is 26.3. The number of ether oxygens (including phenoxy) is 1. The van der Waals surface area contributed by atoms with E-state index in [1.165, 1.54) is 0 Å². The second-order valence-electron chi connectivity index (χ2n) is 8.90. The molecule has 3 aromatic rings. The zero-order valence-corrected chi connectivity index (χ0v) is 22.2. The van der Waals surface area contributed by atoms with Gasteiger partial charge in [0.05, 0.1) is 30.1 Å². The minimum Gasteiger partial charge on any atom is -0.507 e. The highest BCUT2D eigenvalue weighted by atomic mass is 79.9. The van der Waals surface area contributed by atoms with Gasteiger partial charge in [0.15, 0.2) is 0 Å². The fourth-order valence-electron chi connectivity index (χ4n) is 4.21. The van der Waals surface area contributed by atoms with Gasteiger partial charge in [-0.2, -0.15) is 5.10 Å². The van der Waals surface area contributed by atoms with Crippen molar-refractivity contribution in [3.8, 4) is 11.5 Å². The maximum atomic E-state index is 12.3. The van der Waals surface area contributed by atoms with Crippen LogP contribution in [0, 0.1) is 0 Å². The number of carbonyl (C=O) groups is 1. The normalized spacial score (nSPS) is 19.0. The third kappa shape index (κ3) is 6.23. The number of para-hydroxylation sites is 2. The van der Waals surface area contributed by atoms with Crippen LogP contribution in [0.3, 0.4) is 0 Å². The molecular formula is C29H28BrN5O3. The molecule has 5 rings (SSSR count). The Morgan fingerprint density at radius 2 is 1.87 bits per heavy atom. The Balaban J connectivity index is 1.21. The second-order valence-corrected chi connectivity index (χ2v) is 9.96. The summed E-state index contributed by atoms with van der Waals surface area (Å²) in [6, 6.07) is 24.7. The van der Waals surface area contributed by atoms with Crippen LogP contribution in [0.15, 0.2) is 95.0 Å². The Hall–Kier alpha value is -4.11. The van der Waals surface area contributed by atoms with Gasteiger partial charge in [0, 0.05) is 24.4 Å². The summed E-state index contributed by atoms with van der Waals surface area (Å²) in [6.07, 6.45) is 3.85. The smallest absolute Gasteiger partial charge is 0.223 e. The summed E-state index contributed by atoms with van der Waals surface area (Å²) in [7, 11) is 0. The number of benzene rings is 3. The maximum absolute atomic E-state index is 12.3. The number of amides is 1. The van der Waals surface area contributed by atoms with Crippen molar-refractivity contribution in [2.75, 3.05) is 6.61 Å². The Labute approximate surface area is 229 Å². The Morgan fingerprint density at radius 3 is 2.71 bits per heavy atom. The first-order valence-corrected chi connectivity index (χ1v) is 13.3. The SMILES string of the molecule is O=C(CCOc1ccccc1)NCc1cccc(CN=C2C=C(c3ccccc3O)NC3C(Br)C=NN23)c1. The first kappa shape index (κ1) is 25.5. The molecule has 2 unspecified atom stereocenters. The average molecular weight is 574 g/mol. The van der Waals surface area contributed by atoms with Gasteiger partial charge in [-0.05, 0) is 35.4 Å². The molecule has 2 aliphatic heterocycles. The van der Waals surface area contributed by atoms with Gasteiger partial charge in [-0.25, -0.2) is 5.01 Å². The predicted octanol–water partition coefficient (Wildman–Crippen LogP) is 4.41. The number of carbonyl (C=O) groups excluding carboxylic acids is 1. The highest BCUT2D eigenvalue weighted by Gasteiger charge is 2.35. The largest absolute Gasteiger partial charge is 0.507 e. The molecule has 1 amide bonds. The van der Waals surface area contributed by atoms with Crippen LogP contribution in [0.1, 0.15) is 23.1 Å². The van der Waals surface area contributed by atoms with E-state index in [0.717, 1.165) is 22.6 Å². The van der Waals surface area contributed by atoms with Gasteiger partial charge in [0.2, 0.25) is 5.91 Å². The monoisotopic (exact) mass is 573 g/mol. The van der Waals surface area contributed by atoms with Crippen molar-refractivity contribution in [2.24, 2.45) is 10.1 Å². The molecule has 38 heavy (non-hydrogen) atoms. The fourth-order valence-corrected chi connectivity index (χ4v) is 4.68. The van der Waals surface area contributed by atoms with Gasteiger partial charge < -0.3 is 20.5 Å². The number of halogens is 1. The van der Waals surface area contributed by atoms with E-state index in [1.807, 2.05) is 84.0 Å². The minimum absolute atomic E-state index is 0.00714. The summed E-state index contributed by atoms with van der Waals surface area (Å²) in [5, 5.41) is 23.1. The number of aliphatic imine (C=N–C) groups is 1. The summed E-state index contributed by atoms with van der Waals surface area (Å²) in [4.78, 5) is 17.1. The first-order chi connectivity index (χ1) is 18.6. The Morgan fingerprint density at radius 1 is 1.08 bits per heavy atom. The van der Waals surface area contributed by atoms with E-state index in [-0.39, 0.29) is 29.1 Å². The lowest BCUT2D eigenvalue weighted by Crippen LogP contribution is -2.49. The van der Waals surface area contributed by atoms with E-state index in [0.29, 0.717) is 31.1 Å². The van der Waals surface area contributed by atoms with Crippen LogP contribution >= 0.6 is 15.9 Å². The van der Waals surface area contributed by atoms with Crippen LogP contribution in [0.5, 0.6) is 11.5 Å². The molecule has 0 saturated heterocycles. The van der Waals surface area contributed by atoms with Crippen molar-refractivity contribution in [1.29, 1.82) is 0 Å². The summed E-state index contributed by atoms with van der Waals surface area (Å²) < 4.78 is 5.60. The van der Waals surface area contributed by atoms with E-state index < -0.39 is 0 Å². The van der Waals surface area contributed by atoms with Crippen molar-refractivity contribution in [2.45, 2.75) is 30.5 Å². The standard InChI is InChI=1S/C29H28BrN5O3/c30-24-19-33-35-27(16-25(34-29(24)35)23-11-4-5-12-26(23)36)31-17-20-7-6-8-21(15-20)18-32-28(37)13-14-38-22-9-2-1-3-10-22/h1-12,15-16,19,24,29,34,36H,13-14,17-18H2,(H,32,37). The van der Waals surface area contributed by atoms with E-state index in [2.05, 4.69) is 31.7 Å². The first-order valence-electron chi connectivity index (χ1n) is 12.4. The summed E-state index contributed by atoms with van der Waals surface area (Å²) >= 11 is 3.65. The molecule has 0 saturated carbocycles. The van der Waals surface area contributed by atoms with Gasteiger partial charge in [0.1, 0.15) is 23.5 Å². The van der Waals surface area contributed by atoms with E-state index in [1.54, 1.807) is 12.1 Å². The van der Waals surface area contributed by atoms with Gasteiger partial charge in [0.25, 0.3) is 0 Å². The summed E-state index contributed by atoms with van der Waals surface area (Å²) in [5.41, 5.74) is 3.50. The van der Waals surface area contributed by atoms with Crippen LogP contribution in [0.25, 0.3) is 5.70 Å². The molecule has 9 heteroatoms. The van der Waals surface area contributed by atoms with Gasteiger partial charge >= 0.3 is 0 Å². The van der Waals surface area contributed by atoms with E-state index >= 15 is 0 Å². The number of phenolic OH excluding ortho intramolecular Hbond substituents is 1. The van der Waals surface area contributed by atoms with Crippen LogP contribution < -0.4 is 15.4 Å². The third-order valence-electron chi connectivity index (χ3n) is 6.15. The molecule has 2 heterocycles. The lowest BCUT2D eigenvalue weighted by Gasteiger charge is -2.33. The number of fused-ring (bicyclic) bond motifs is 1. The lowest BCUT2D eigenvalue weighted by atomic mass is 10.1. The van der Waals surface area contributed by atoms with Gasteiger partial charge in [-0.3, -0.25) is 9.79 Å². The predicted molar refractivity (Wildman–Crippen MR) is 152 cm³/mol. The fraction of sp³-hybridized carbons (Fsp3) is 0.207. The number of nitrogens with one attached hydrogen (secondary N) is 2. The molecule has 3 aromatic carbocycles. The van der Waals surface area contributed by atoms with Crippen LogP contribution in [-0.2, 0) is 17.9 Å². The van der Waals surface area contributed by atoms with Crippen molar-refractivity contribution in [1.82, 2.24) is 15.6 Å².